The molecule has 0 aromatic carbocycles. The van der Waals surface area contributed by atoms with Gasteiger partial charge in [0.05, 0.1) is 8.07 Å². The maximum Gasteiger partial charge on any atom is 0.0710 e. The van der Waals surface area contributed by atoms with Crippen LogP contribution in [0.2, 0.25) is 19.1 Å². The van der Waals surface area contributed by atoms with Crippen molar-refractivity contribution in [1.82, 2.24) is 4.90 Å². The molecular formula is C10H21NSi. The Balaban J connectivity index is 2.04. The molecule has 0 aromatic heterocycles. The summed E-state index contributed by atoms with van der Waals surface area (Å²) < 4.78 is 0. The van der Waals surface area contributed by atoms with Gasteiger partial charge in [-0.15, -0.1) is 12.3 Å². The normalized spacial score (nSPS) is 18.8. The van der Waals surface area contributed by atoms with Crippen LogP contribution in [0.5, 0.6) is 0 Å². The number of rotatable bonds is 5. The largest absolute Gasteiger partial charge is 0.303 e. The molecule has 0 spiro atoms. The van der Waals surface area contributed by atoms with Crippen LogP contribution < -0.4 is 0 Å². The Labute approximate surface area is 77.5 Å². The predicted octanol–water partition coefficient (Wildman–Crippen LogP) is 2.52. The van der Waals surface area contributed by atoms with Crippen LogP contribution in [0.25, 0.3) is 0 Å². The maximum absolute atomic E-state index is 3.91. The van der Waals surface area contributed by atoms with Gasteiger partial charge >= 0.3 is 0 Å². The van der Waals surface area contributed by atoms with Gasteiger partial charge in [-0.25, -0.2) is 0 Å². The van der Waals surface area contributed by atoms with Crippen LogP contribution in [0.3, 0.4) is 0 Å². The van der Waals surface area contributed by atoms with Crippen LogP contribution >= 0.6 is 0 Å². The van der Waals surface area contributed by atoms with E-state index in [9.17, 15) is 0 Å². The summed E-state index contributed by atoms with van der Waals surface area (Å²) in [5.74, 6) is 0. The summed E-state index contributed by atoms with van der Waals surface area (Å²) in [7, 11) is -0.996. The molecular weight excluding hydrogens is 162 g/mol. The number of hydrogen-bond donors (Lipinski definition) is 0. The zero-order valence-electron chi connectivity index (χ0n) is 8.47. The minimum absolute atomic E-state index is 0.996. The van der Waals surface area contributed by atoms with Crippen molar-refractivity contribution in [3.8, 4) is 0 Å². The third-order valence-corrected chi connectivity index (χ3v) is 5.54. The van der Waals surface area contributed by atoms with Crippen molar-refractivity contribution in [3.63, 3.8) is 0 Å². The number of likely N-dealkylation sites (tertiary alicyclic amines) is 1. The van der Waals surface area contributed by atoms with Crippen LogP contribution in [0.15, 0.2) is 12.3 Å². The lowest BCUT2D eigenvalue weighted by atomic mass is 10.2. The van der Waals surface area contributed by atoms with Gasteiger partial charge in [-0.2, -0.15) is 0 Å². The van der Waals surface area contributed by atoms with Gasteiger partial charge in [-0.05, 0) is 32.5 Å². The Hall–Kier alpha value is -0.0831. The van der Waals surface area contributed by atoms with Crippen molar-refractivity contribution in [1.29, 1.82) is 0 Å². The van der Waals surface area contributed by atoms with E-state index in [0.29, 0.717) is 0 Å². The van der Waals surface area contributed by atoms with E-state index in [1.807, 2.05) is 0 Å². The van der Waals surface area contributed by atoms with E-state index in [4.69, 9.17) is 0 Å². The fourth-order valence-electron chi connectivity index (χ4n) is 1.47. The highest BCUT2D eigenvalue weighted by atomic mass is 28.3. The molecule has 1 rings (SSSR count). The first-order chi connectivity index (χ1) is 5.64. The molecule has 12 heavy (non-hydrogen) atoms. The van der Waals surface area contributed by atoms with Gasteiger partial charge in [0.2, 0.25) is 0 Å². The Morgan fingerprint density at radius 1 is 1.42 bits per heavy atom. The first-order valence-electron chi connectivity index (χ1n) is 5.00. The molecule has 0 N–H and O–H groups in total. The van der Waals surface area contributed by atoms with Crippen molar-refractivity contribution in [2.24, 2.45) is 0 Å². The van der Waals surface area contributed by atoms with Crippen LogP contribution in [-0.2, 0) is 0 Å². The Morgan fingerprint density at radius 3 is 2.50 bits per heavy atom. The molecule has 0 aromatic rings. The van der Waals surface area contributed by atoms with E-state index in [2.05, 4.69) is 30.3 Å². The molecule has 1 nitrogen and oxygen atoms in total. The van der Waals surface area contributed by atoms with Gasteiger partial charge in [0, 0.05) is 0 Å². The zero-order valence-corrected chi connectivity index (χ0v) is 9.47. The van der Waals surface area contributed by atoms with Crippen LogP contribution in [0.1, 0.15) is 12.8 Å². The molecule has 0 amide bonds. The van der Waals surface area contributed by atoms with Gasteiger partial charge < -0.3 is 4.90 Å². The van der Waals surface area contributed by atoms with Crippen molar-refractivity contribution in [2.75, 3.05) is 19.6 Å². The van der Waals surface area contributed by atoms with Crippen molar-refractivity contribution in [3.05, 3.63) is 12.3 Å². The molecule has 1 saturated heterocycles. The van der Waals surface area contributed by atoms with Gasteiger partial charge in [0.25, 0.3) is 0 Å². The lowest BCUT2D eigenvalue weighted by Crippen LogP contribution is -2.38. The van der Waals surface area contributed by atoms with Gasteiger partial charge in [0.1, 0.15) is 0 Å². The monoisotopic (exact) mass is 183 g/mol. The molecule has 1 heterocycles. The summed E-state index contributed by atoms with van der Waals surface area (Å²) in [6.45, 7) is 12.7. The highest BCUT2D eigenvalue weighted by Gasteiger charge is 2.17. The lowest BCUT2D eigenvalue weighted by Gasteiger charge is -2.31. The van der Waals surface area contributed by atoms with Crippen LogP contribution in [0.4, 0.5) is 0 Å². The van der Waals surface area contributed by atoms with E-state index >= 15 is 0 Å². The second-order valence-electron chi connectivity index (χ2n) is 4.49. The second-order valence-corrected chi connectivity index (χ2v) is 9.38. The zero-order chi connectivity index (χ0) is 9.03. The summed E-state index contributed by atoms with van der Waals surface area (Å²) in [4.78, 5) is 2.55. The van der Waals surface area contributed by atoms with Crippen molar-refractivity contribution in [2.45, 2.75) is 32.0 Å². The quantitative estimate of drug-likeness (QED) is 0.592. The van der Waals surface area contributed by atoms with E-state index in [-0.39, 0.29) is 0 Å². The summed E-state index contributed by atoms with van der Waals surface area (Å²) in [6, 6.07) is 1.41. The molecule has 0 unspecified atom stereocenters. The van der Waals surface area contributed by atoms with E-state index in [1.165, 1.54) is 38.5 Å². The smallest absolute Gasteiger partial charge is 0.0710 e. The first-order valence-corrected chi connectivity index (χ1v) is 8.28. The van der Waals surface area contributed by atoms with E-state index < -0.39 is 8.07 Å². The molecule has 70 valence electrons. The third kappa shape index (κ3) is 3.11. The number of nitrogens with zero attached hydrogens (tertiary/aromatic N) is 1. The molecule has 0 atom stereocenters. The Kier molecular flexibility index (Phi) is 3.53. The van der Waals surface area contributed by atoms with E-state index in [1.54, 1.807) is 0 Å². The standard InChI is InChI=1S/C10H21NSi/c1-4-12(2,3)10-6-9-11-7-5-8-11/h4H,1,5-10H2,2-3H3. The van der Waals surface area contributed by atoms with Crippen molar-refractivity contribution < 1.29 is 0 Å². The van der Waals surface area contributed by atoms with Gasteiger partial charge in [0.15, 0.2) is 0 Å². The topological polar surface area (TPSA) is 3.24 Å². The molecule has 0 bridgehead atoms. The third-order valence-electron chi connectivity index (χ3n) is 2.80. The molecule has 1 fully saturated rings. The van der Waals surface area contributed by atoms with Crippen molar-refractivity contribution >= 4 is 8.07 Å². The average Bonchev–Trinajstić information content (AvgIpc) is 1.95. The van der Waals surface area contributed by atoms with Crippen LogP contribution in [0, 0.1) is 0 Å². The maximum atomic E-state index is 3.91. The average molecular weight is 183 g/mol. The summed E-state index contributed by atoms with van der Waals surface area (Å²) in [6.07, 6.45) is 2.80. The predicted molar refractivity (Wildman–Crippen MR) is 58.2 cm³/mol. The molecule has 1 aliphatic rings. The fourth-order valence-corrected chi connectivity index (χ4v) is 2.74. The fraction of sp³-hybridized carbons (Fsp3) is 0.800. The molecule has 0 saturated carbocycles. The van der Waals surface area contributed by atoms with Crippen LogP contribution in [-0.4, -0.2) is 32.6 Å². The highest BCUT2D eigenvalue weighted by Crippen LogP contribution is 2.15. The SMILES string of the molecule is C=C[Si](C)(C)CCCN1CCC1. The van der Waals surface area contributed by atoms with Gasteiger partial charge in [-0.3, -0.25) is 0 Å². The Bertz CT molecular complexity index is 150. The molecule has 1 aliphatic heterocycles. The summed E-state index contributed by atoms with van der Waals surface area (Å²) in [5, 5.41) is 0. The minimum Gasteiger partial charge on any atom is -0.303 e. The number of hydrogen-bond acceptors (Lipinski definition) is 1. The summed E-state index contributed by atoms with van der Waals surface area (Å²) >= 11 is 0. The molecule has 0 radical (unpaired) electrons. The summed E-state index contributed by atoms with van der Waals surface area (Å²) in [5.41, 5.74) is 2.21. The second kappa shape index (κ2) is 4.24. The Morgan fingerprint density at radius 2 is 2.08 bits per heavy atom. The molecule has 2 heteroatoms. The van der Waals surface area contributed by atoms with E-state index in [0.717, 1.165) is 0 Å². The molecule has 0 aliphatic carbocycles. The minimum atomic E-state index is -0.996. The highest BCUT2D eigenvalue weighted by molar-refractivity contribution is 6.82. The lowest BCUT2D eigenvalue weighted by molar-refractivity contribution is 0.182. The first kappa shape index (κ1) is 10.0. The van der Waals surface area contributed by atoms with Gasteiger partial charge in [-0.1, -0.05) is 19.1 Å².